The molecule has 0 fully saturated rings. The average molecular weight is 482 g/mol. The molecule has 1 aromatic heterocycles. The van der Waals surface area contributed by atoms with Crippen LogP contribution in [0.15, 0.2) is 108 Å². The molecule has 0 spiro atoms. The molecule has 0 unspecified atom stereocenters. The van der Waals surface area contributed by atoms with E-state index in [0.717, 1.165) is 11.1 Å². The molecule has 0 aliphatic carbocycles. The zero-order valence-corrected chi connectivity index (χ0v) is 19.3. The van der Waals surface area contributed by atoms with E-state index < -0.39 is 11.7 Å². The number of hydrogen-bond donors (Lipinski definition) is 2. The van der Waals surface area contributed by atoms with E-state index in [4.69, 9.17) is 16.6 Å². The first-order valence-corrected chi connectivity index (χ1v) is 11.4. The molecule has 2 N–H and O–H groups in total. The third-order valence-electron chi connectivity index (χ3n) is 5.51. The van der Waals surface area contributed by atoms with E-state index in [2.05, 4.69) is 15.6 Å². The summed E-state index contributed by atoms with van der Waals surface area (Å²) in [4.78, 5) is 17.7. The zero-order chi connectivity index (χ0) is 24.2. The molecule has 0 radical (unpaired) electrons. The summed E-state index contributed by atoms with van der Waals surface area (Å²) in [6.45, 7) is 0. The van der Waals surface area contributed by atoms with Gasteiger partial charge in [0.1, 0.15) is 11.3 Å². The van der Waals surface area contributed by atoms with Crippen LogP contribution in [0.25, 0.3) is 22.6 Å². The smallest absolute Gasteiger partial charge is 0.238 e. The lowest BCUT2D eigenvalue weighted by Crippen LogP contribution is -2.37. The van der Waals surface area contributed by atoms with Crippen LogP contribution in [0.2, 0.25) is 0 Å². The fourth-order valence-corrected chi connectivity index (χ4v) is 4.11. The molecule has 0 saturated carbocycles. The van der Waals surface area contributed by atoms with Crippen LogP contribution in [0.3, 0.4) is 0 Å². The molecule has 0 aliphatic rings. The number of carbonyl (C=O) groups is 1. The van der Waals surface area contributed by atoms with Gasteiger partial charge in [-0.25, -0.2) is 9.37 Å². The van der Waals surface area contributed by atoms with Crippen molar-refractivity contribution in [3.8, 4) is 11.5 Å². The Bertz CT molecular complexity index is 1460. The van der Waals surface area contributed by atoms with Crippen molar-refractivity contribution in [1.82, 2.24) is 10.3 Å². The number of anilines is 1. The molecule has 4 aromatic carbocycles. The quantitative estimate of drug-likeness (QED) is 0.289. The molecule has 0 saturated heterocycles. The van der Waals surface area contributed by atoms with Gasteiger partial charge in [-0.3, -0.25) is 4.79 Å². The highest BCUT2D eigenvalue weighted by Gasteiger charge is 2.23. The van der Waals surface area contributed by atoms with Gasteiger partial charge >= 0.3 is 0 Å². The summed E-state index contributed by atoms with van der Waals surface area (Å²) >= 11 is 5.42. The van der Waals surface area contributed by atoms with Crippen molar-refractivity contribution >= 4 is 40.0 Å². The summed E-state index contributed by atoms with van der Waals surface area (Å²) in [5.74, 6) is -0.977. The highest BCUT2D eigenvalue weighted by atomic mass is 32.1. The molecule has 1 amide bonds. The third kappa shape index (κ3) is 4.95. The monoisotopic (exact) mass is 481 g/mol. The van der Waals surface area contributed by atoms with Crippen LogP contribution in [0.1, 0.15) is 17.0 Å². The summed E-state index contributed by atoms with van der Waals surface area (Å²) in [7, 11) is 0. The summed E-state index contributed by atoms with van der Waals surface area (Å²) in [6, 6.07) is 30.6. The number of amides is 1. The van der Waals surface area contributed by atoms with Gasteiger partial charge in [0.05, 0.1) is 11.5 Å². The zero-order valence-electron chi connectivity index (χ0n) is 18.4. The van der Waals surface area contributed by atoms with E-state index in [1.165, 1.54) is 6.07 Å². The van der Waals surface area contributed by atoms with Gasteiger partial charge in [-0.2, -0.15) is 0 Å². The van der Waals surface area contributed by atoms with Gasteiger partial charge in [-0.1, -0.05) is 72.8 Å². The Balaban J connectivity index is 1.34. The highest BCUT2D eigenvalue weighted by molar-refractivity contribution is 7.80. The number of carbonyl (C=O) groups excluding carboxylic acids is 1. The Morgan fingerprint density at radius 2 is 1.49 bits per heavy atom. The third-order valence-corrected chi connectivity index (χ3v) is 5.72. The molecular weight excluding hydrogens is 461 g/mol. The fraction of sp³-hybridized carbons (Fsp3) is 0.0357. The second-order valence-corrected chi connectivity index (χ2v) is 8.29. The van der Waals surface area contributed by atoms with E-state index in [1.807, 2.05) is 60.7 Å². The Morgan fingerprint density at radius 3 is 2.14 bits per heavy atom. The lowest BCUT2D eigenvalue weighted by molar-refractivity contribution is -0.120. The van der Waals surface area contributed by atoms with Crippen LogP contribution in [-0.4, -0.2) is 16.0 Å². The molecule has 0 aliphatic heterocycles. The van der Waals surface area contributed by atoms with E-state index in [0.29, 0.717) is 16.8 Å². The molecule has 0 atom stereocenters. The number of halogens is 1. The number of nitrogens with zero attached hydrogens (tertiary/aromatic N) is 1. The van der Waals surface area contributed by atoms with E-state index >= 15 is 0 Å². The second-order valence-electron chi connectivity index (χ2n) is 7.88. The van der Waals surface area contributed by atoms with Crippen LogP contribution in [-0.2, 0) is 4.79 Å². The largest absolute Gasteiger partial charge is 0.436 e. The lowest BCUT2D eigenvalue weighted by Gasteiger charge is -2.18. The van der Waals surface area contributed by atoms with E-state index in [-0.39, 0.29) is 22.5 Å². The minimum atomic E-state index is -0.515. The SMILES string of the molecule is O=C(NC(=S)Nc1ccc2oc(-c3ccccc3F)nc2c1)C(c1ccccc1)c1ccccc1. The molecule has 35 heavy (non-hydrogen) atoms. The Labute approximate surface area is 206 Å². The van der Waals surface area contributed by atoms with Gasteiger partial charge in [0.25, 0.3) is 0 Å². The first-order valence-electron chi connectivity index (χ1n) is 11.0. The van der Waals surface area contributed by atoms with Crippen molar-refractivity contribution in [3.05, 3.63) is 120 Å². The van der Waals surface area contributed by atoms with Crippen molar-refractivity contribution in [1.29, 1.82) is 0 Å². The maximum absolute atomic E-state index is 14.1. The van der Waals surface area contributed by atoms with Gasteiger partial charge in [0.15, 0.2) is 10.7 Å². The topological polar surface area (TPSA) is 67.2 Å². The number of oxazole rings is 1. The minimum Gasteiger partial charge on any atom is -0.436 e. The average Bonchev–Trinajstić information content (AvgIpc) is 3.29. The van der Waals surface area contributed by atoms with E-state index in [1.54, 1.807) is 36.4 Å². The highest BCUT2D eigenvalue weighted by Crippen LogP contribution is 2.28. The molecule has 5 nitrogen and oxygen atoms in total. The summed E-state index contributed by atoms with van der Waals surface area (Å²) in [6.07, 6.45) is 0. The molecule has 5 aromatic rings. The van der Waals surface area contributed by atoms with E-state index in [9.17, 15) is 9.18 Å². The molecule has 1 heterocycles. The fourth-order valence-electron chi connectivity index (χ4n) is 3.89. The minimum absolute atomic E-state index is 0.157. The van der Waals surface area contributed by atoms with Gasteiger partial charge in [0, 0.05) is 5.69 Å². The van der Waals surface area contributed by atoms with Gasteiger partial charge in [-0.05, 0) is 53.7 Å². The van der Waals surface area contributed by atoms with Crippen LogP contribution < -0.4 is 10.6 Å². The number of benzene rings is 4. The molecule has 5 rings (SSSR count). The number of thiocarbonyl (C=S) groups is 1. The first kappa shape index (κ1) is 22.4. The van der Waals surface area contributed by atoms with Gasteiger partial charge in [-0.15, -0.1) is 0 Å². The number of nitrogens with one attached hydrogen (secondary N) is 2. The number of hydrogen-bond acceptors (Lipinski definition) is 4. The first-order chi connectivity index (χ1) is 17.1. The lowest BCUT2D eigenvalue weighted by atomic mass is 9.90. The predicted molar refractivity (Wildman–Crippen MR) is 138 cm³/mol. The summed E-state index contributed by atoms with van der Waals surface area (Å²) in [5, 5.41) is 5.98. The normalized spacial score (nSPS) is 10.9. The van der Waals surface area contributed by atoms with Crippen LogP contribution in [0.5, 0.6) is 0 Å². The van der Waals surface area contributed by atoms with Crippen molar-refractivity contribution < 1.29 is 13.6 Å². The van der Waals surface area contributed by atoms with Crippen molar-refractivity contribution in [2.24, 2.45) is 0 Å². The maximum Gasteiger partial charge on any atom is 0.238 e. The van der Waals surface area contributed by atoms with Crippen molar-refractivity contribution in [2.75, 3.05) is 5.32 Å². The van der Waals surface area contributed by atoms with Crippen LogP contribution >= 0.6 is 12.2 Å². The second kappa shape index (κ2) is 9.87. The van der Waals surface area contributed by atoms with Crippen molar-refractivity contribution in [3.63, 3.8) is 0 Å². The van der Waals surface area contributed by atoms with Gasteiger partial charge in [0.2, 0.25) is 11.8 Å². The Hall–Kier alpha value is -4.36. The number of aromatic nitrogens is 1. The molecule has 0 bridgehead atoms. The Morgan fingerprint density at radius 1 is 0.857 bits per heavy atom. The standard InChI is InChI=1S/C28H20FN3O2S/c29-22-14-8-7-13-21(22)27-31-23-17-20(15-16-24(23)34-27)30-28(35)32-26(33)25(18-9-3-1-4-10-18)19-11-5-2-6-12-19/h1-17,25H,(H2,30,32,33,35). The molecular formula is C28H20FN3O2S. The van der Waals surface area contributed by atoms with Crippen LogP contribution in [0, 0.1) is 5.82 Å². The van der Waals surface area contributed by atoms with Crippen molar-refractivity contribution in [2.45, 2.75) is 5.92 Å². The Kier molecular flexibility index (Phi) is 6.32. The predicted octanol–water partition coefficient (Wildman–Crippen LogP) is 6.28. The number of rotatable bonds is 5. The van der Waals surface area contributed by atoms with Gasteiger partial charge < -0.3 is 15.1 Å². The van der Waals surface area contributed by atoms with Crippen LogP contribution in [0.4, 0.5) is 10.1 Å². The summed E-state index contributed by atoms with van der Waals surface area (Å²) in [5.41, 5.74) is 3.68. The maximum atomic E-state index is 14.1. The molecule has 7 heteroatoms. The molecule has 172 valence electrons. The number of fused-ring (bicyclic) bond motifs is 1. The summed E-state index contributed by atoms with van der Waals surface area (Å²) < 4.78 is 19.8.